The summed E-state index contributed by atoms with van der Waals surface area (Å²) in [7, 11) is -3.83. The van der Waals surface area contributed by atoms with Crippen LogP contribution in [0, 0.1) is 0 Å². The summed E-state index contributed by atoms with van der Waals surface area (Å²) >= 11 is 0. The first-order chi connectivity index (χ1) is 14.3. The molecule has 1 saturated heterocycles. The van der Waals surface area contributed by atoms with Gasteiger partial charge < -0.3 is 14.8 Å². The summed E-state index contributed by atoms with van der Waals surface area (Å²) in [6.45, 7) is 6.58. The Labute approximate surface area is 177 Å². The molecule has 3 rings (SSSR count). The second kappa shape index (κ2) is 9.34. The molecular formula is C21H28N4O4S. The average molecular weight is 433 g/mol. The van der Waals surface area contributed by atoms with Gasteiger partial charge in [0.1, 0.15) is 10.6 Å². The summed E-state index contributed by atoms with van der Waals surface area (Å²) in [5.74, 6) is -0.146. The van der Waals surface area contributed by atoms with Crippen molar-refractivity contribution in [3.63, 3.8) is 0 Å². The van der Waals surface area contributed by atoms with Crippen LogP contribution in [0.3, 0.4) is 0 Å². The molecule has 0 bridgehead atoms. The van der Waals surface area contributed by atoms with Gasteiger partial charge in [0.05, 0.1) is 6.42 Å². The maximum Gasteiger partial charge on any atom is 0.270 e. The molecule has 8 nitrogen and oxygen atoms in total. The Kier molecular flexibility index (Phi) is 6.81. The lowest BCUT2D eigenvalue weighted by atomic mass is 10.1. The zero-order valence-corrected chi connectivity index (χ0v) is 18.2. The van der Waals surface area contributed by atoms with Gasteiger partial charge >= 0.3 is 0 Å². The number of benzene rings is 1. The number of aromatic nitrogens is 1. The Bertz CT molecular complexity index is 988. The topological polar surface area (TPSA) is 103 Å². The molecule has 2 heterocycles. The molecule has 0 aliphatic carbocycles. The van der Waals surface area contributed by atoms with Gasteiger partial charge in [-0.05, 0) is 50.5 Å². The minimum atomic E-state index is -3.83. The van der Waals surface area contributed by atoms with Gasteiger partial charge in [0.15, 0.2) is 0 Å². The first kappa shape index (κ1) is 21.9. The number of rotatable bonds is 8. The van der Waals surface area contributed by atoms with E-state index >= 15 is 0 Å². The number of carbonyl (C=O) groups is 2. The van der Waals surface area contributed by atoms with Crippen LogP contribution in [-0.4, -0.2) is 61.2 Å². The largest absolute Gasteiger partial charge is 0.356 e. The van der Waals surface area contributed by atoms with Crippen LogP contribution in [-0.2, 0) is 21.2 Å². The van der Waals surface area contributed by atoms with E-state index < -0.39 is 10.0 Å². The van der Waals surface area contributed by atoms with E-state index in [9.17, 15) is 18.0 Å². The molecule has 2 aromatic rings. The molecule has 1 aliphatic rings. The molecular weight excluding hydrogens is 404 g/mol. The van der Waals surface area contributed by atoms with Gasteiger partial charge in [-0.1, -0.05) is 12.1 Å². The van der Waals surface area contributed by atoms with Crippen LogP contribution in [0.1, 0.15) is 42.7 Å². The quantitative estimate of drug-likeness (QED) is 0.669. The first-order valence-electron chi connectivity index (χ1n) is 10.2. The molecule has 2 N–H and O–H groups in total. The lowest BCUT2D eigenvalue weighted by Gasteiger charge is -2.18. The molecule has 1 aliphatic heterocycles. The summed E-state index contributed by atoms with van der Waals surface area (Å²) in [6, 6.07) is 8.09. The number of H-pyrrole nitrogens is 1. The van der Waals surface area contributed by atoms with Crippen molar-refractivity contribution in [3.05, 3.63) is 47.8 Å². The van der Waals surface area contributed by atoms with Gasteiger partial charge in [0, 0.05) is 38.1 Å². The molecule has 2 amide bonds. The standard InChI is InChI=1S/C21H28N4O4S/c1-3-24(4-2)20(26)13-16-7-9-17(10-8-16)23-30(28,29)18-14-19(22-15-18)21(27)25-11-5-6-12-25/h7-10,14-15,22-23H,3-6,11-13H2,1-2H3. The third-order valence-corrected chi connectivity index (χ3v) is 6.63. The van der Waals surface area contributed by atoms with Crippen molar-refractivity contribution in [1.29, 1.82) is 0 Å². The molecule has 1 aromatic heterocycles. The number of likely N-dealkylation sites (tertiary alicyclic amines) is 1. The second-order valence-electron chi connectivity index (χ2n) is 7.29. The van der Waals surface area contributed by atoms with E-state index in [2.05, 4.69) is 9.71 Å². The lowest BCUT2D eigenvalue weighted by molar-refractivity contribution is -0.130. The van der Waals surface area contributed by atoms with E-state index in [1.54, 1.807) is 34.1 Å². The average Bonchev–Trinajstić information content (AvgIpc) is 3.42. The predicted octanol–water partition coefficient (Wildman–Crippen LogP) is 2.46. The Balaban J connectivity index is 1.65. The molecule has 30 heavy (non-hydrogen) atoms. The fraction of sp³-hybridized carbons (Fsp3) is 0.429. The Morgan fingerprint density at radius 3 is 2.33 bits per heavy atom. The highest BCUT2D eigenvalue weighted by Crippen LogP contribution is 2.20. The fourth-order valence-electron chi connectivity index (χ4n) is 3.51. The normalized spacial score (nSPS) is 14.0. The number of hydrogen-bond donors (Lipinski definition) is 2. The number of likely N-dealkylation sites (N-methyl/N-ethyl adjacent to an activating group) is 1. The Morgan fingerprint density at radius 2 is 1.73 bits per heavy atom. The molecule has 0 radical (unpaired) electrons. The molecule has 1 fully saturated rings. The summed E-state index contributed by atoms with van der Waals surface area (Å²) in [5, 5.41) is 0. The number of nitrogens with one attached hydrogen (secondary N) is 2. The highest BCUT2D eigenvalue weighted by atomic mass is 32.2. The number of aromatic amines is 1. The minimum Gasteiger partial charge on any atom is -0.356 e. The second-order valence-corrected chi connectivity index (χ2v) is 8.98. The predicted molar refractivity (Wildman–Crippen MR) is 115 cm³/mol. The van der Waals surface area contributed by atoms with Crippen LogP contribution in [0.5, 0.6) is 0 Å². The summed E-state index contributed by atoms with van der Waals surface area (Å²) in [5.41, 5.74) is 1.47. The maximum absolute atomic E-state index is 12.7. The zero-order chi connectivity index (χ0) is 21.7. The molecule has 0 unspecified atom stereocenters. The molecule has 1 aromatic carbocycles. The van der Waals surface area contributed by atoms with E-state index in [4.69, 9.17) is 0 Å². The van der Waals surface area contributed by atoms with Crippen LogP contribution < -0.4 is 4.72 Å². The highest BCUT2D eigenvalue weighted by Gasteiger charge is 2.23. The van der Waals surface area contributed by atoms with Crippen LogP contribution in [0.25, 0.3) is 0 Å². The number of nitrogens with zero attached hydrogens (tertiary/aromatic N) is 2. The van der Waals surface area contributed by atoms with Gasteiger partial charge in [-0.15, -0.1) is 0 Å². The molecule has 162 valence electrons. The Hall–Kier alpha value is -2.81. The van der Waals surface area contributed by atoms with Crippen LogP contribution in [0.4, 0.5) is 5.69 Å². The van der Waals surface area contributed by atoms with Crippen molar-refractivity contribution in [2.45, 2.75) is 38.0 Å². The van der Waals surface area contributed by atoms with Crippen molar-refractivity contribution in [2.75, 3.05) is 30.9 Å². The smallest absolute Gasteiger partial charge is 0.270 e. The third kappa shape index (κ3) is 5.02. The Morgan fingerprint density at radius 1 is 1.10 bits per heavy atom. The summed E-state index contributed by atoms with van der Waals surface area (Å²) < 4.78 is 27.9. The van der Waals surface area contributed by atoms with Crippen LogP contribution in [0.15, 0.2) is 41.4 Å². The molecule has 0 atom stereocenters. The summed E-state index contributed by atoms with van der Waals surface area (Å²) in [4.78, 5) is 30.9. The van der Waals surface area contributed by atoms with Crippen molar-refractivity contribution in [1.82, 2.24) is 14.8 Å². The van der Waals surface area contributed by atoms with Gasteiger partial charge in [-0.3, -0.25) is 14.3 Å². The number of carbonyl (C=O) groups excluding carboxylic acids is 2. The van der Waals surface area contributed by atoms with E-state index in [-0.39, 0.29) is 28.8 Å². The lowest BCUT2D eigenvalue weighted by Crippen LogP contribution is -2.31. The van der Waals surface area contributed by atoms with Crippen molar-refractivity contribution < 1.29 is 18.0 Å². The van der Waals surface area contributed by atoms with Gasteiger partial charge in [0.25, 0.3) is 15.9 Å². The van der Waals surface area contributed by atoms with Gasteiger partial charge in [-0.2, -0.15) is 0 Å². The van der Waals surface area contributed by atoms with E-state index in [1.165, 1.54) is 12.3 Å². The third-order valence-electron chi connectivity index (χ3n) is 5.27. The van der Waals surface area contributed by atoms with E-state index in [1.807, 2.05) is 13.8 Å². The van der Waals surface area contributed by atoms with Gasteiger partial charge in [0.2, 0.25) is 5.91 Å². The molecule has 0 spiro atoms. The monoisotopic (exact) mass is 432 g/mol. The number of amides is 2. The number of anilines is 1. The first-order valence-corrected chi connectivity index (χ1v) is 11.7. The van der Waals surface area contributed by atoms with Crippen LogP contribution in [0.2, 0.25) is 0 Å². The van der Waals surface area contributed by atoms with Gasteiger partial charge in [-0.25, -0.2) is 8.42 Å². The SMILES string of the molecule is CCN(CC)C(=O)Cc1ccc(NS(=O)(=O)c2c[nH]c(C(=O)N3CCCC3)c2)cc1. The number of hydrogen-bond acceptors (Lipinski definition) is 4. The van der Waals surface area contributed by atoms with Crippen molar-refractivity contribution >= 4 is 27.5 Å². The highest BCUT2D eigenvalue weighted by molar-refractivity contribution is 7.92. The minimum absolute atomic E-state index is 0.00540. The molecule has 9 heteroatoms. The van der Waals surface area contributed by atoms with Crippen molar-refractivity contribution in [2.24, 2.45) is 0 Å². The maximum atomic E-state index is 12.7. The summed E-state index contributed by atoms with van der Waals surface area (Å²) in [6.07, 6.45) is 3.53. The number of sulfonamides is 1. The fourth-order valence-corrected chi connectivity index (χ4v) is 4.56. The zero-order valence-electron chi connectivity index (χ0n) is 17.3. The van der Waals surface area contributed by atoms with E-state index in [0.717, 1.165) is 18.4 Å². The van der Waals surface area contributed by atoms with E-state index in [0.29, 0.717) is 31.9 Å². The molecule has 0 saturated carbocycles. The van der Waals surface area contributed by atoms with Crippen LogP contribution >= 0.6 is 0 Å². The van der Waals surface area contributed by atoms with Crippen molar-refractivity contribution in [3.8, 4) is 0 Å².